The minimum atomic E-state index is -0.0937. The van der Waals surface area contributed by atoms with Gasteiger partial charge in [0.05, 0.1) is 12.2 Å². The van der Waals surface area contributed by atoms with Crippen molar-refractivity contribution in [3.8, 4) is 11.5 Å². The van der Waals surface area contributed by atoms with Gasteiger partial charge in [-0.05, 0) is 26.0 Å². The first-order valence-corrected chi connectivity index (χ1v) is 8.20. The molecule has 2 aromatic heterocycles. The van der Waals surface area contributed by atoms with E-state index in [9.17, 15) is 4.79 Å². The molecule has 1 unspecified atom stereocenters. The Hall–Kier alpha value is -2.96. The summed E-state index contributed by atoms with van der Waals surface area (Å²) in [5.74, 6) is 0.866. The highest BCUT2D eigenvalue weighted by Crippen LogP contribution is 2.18. The van der Waals surface area contributed by atoms with Crippen LogP contribution in [0.2, 0.25) is 0 Å². The molecule has 7 nitrogen and oxygen atoms in total. The lowest BCUT2D eigenvalue weighted by Gasteiger charge is -2.13. The third-order valence-electron chi connectivity index (χ3n) is 4.17. The summed E-state index contributed by atoms with van der Waals surface area (Å²) in [6.07, 6.45) is 2.48. The molecule has 3 aromatic rings. The highest BCUT2D eigenvalue weighted by Gasteiger charge is 2.15. The first-order chi connectivity index (χ1) is 12.0. The standard InChI is InChI=1S/C18H21N5O2/c1-12(15-11-19-23(3)13(15)2)20-16(24)9-10-17-21-22-18(25-17)14-7-5-4-6-8-14/h4-8,11-12H,9-10H2,1-3H3,(H,20,24). The lowest BCUT2D eigenvalue weighted by Crippen LogP contribution is -2.27. The number of aromatic nitrogens is 4. The molecule has 0 aliphatic carbocycles. The van der Waals surface area contributed by atoms with Gasteiger partial charge in [-0.2, -0.15) is 5.10 Å². The highest BCUT2D eigenvalue weighted by atomic mass is 16.4. The fourth-order valence-electron chi connectivity index (χ4n) is 2.60. The number of amides is 1. The van der Waals surface area contributed by atoms with Crippen molar-refractivity contribution in [3.63, 3.8) is 0 Å². The van der Waals surface area contributed by atoms with E-state index in [1.807, 2.05) is 51.2 Å². The van der Waals surface area contributed by atoms with Gasteiger partial charge in [0, 0.05) is 36.7 Å². The zero-order valence-electron chi connectivity index (χ0n) is 14.6. The molecule has 0 aliphatic heterocycles. The number of carbonyl (C=O) groups excluding carboxylic acids is 1. The van der Waals surface area contributed by atoms with Crippen LogP contribution in [0, 0.1) is 6.92 Å². The Morgan fingerprint density at radius 2 is 2.04 bits per heavy atom. The molecule has 7 heteroatoms. The van der Waals surface area contributed by atoms with Crippen LogP contribution in [0.1, 0.15) is 36.5 Å². The van der Waals surface area contributed by atoms with Gasteiger partial charge in [-0.25, -0.2) is 0 Å². The van der Waals surface area contributed by atoms with E-state index in [-0.39, 0.29) is 11.9 Å². The number of benzene rings is 1. The summed E-state index contributed by atoms with van der Waals surface area (Å²) in [5, 5.41) is 15.2. The molecule has 0 saturated heterocycles. The SMILES string of the molecule is Cc1c(C(C)NC(=O)CCc2nnc(-c3ccccc3)o2)cnn1C. The molecular formula is C18H21N5O2. The molecule has 25 heavy (non-hydrogen) atoms. The number of nitrogens with one attached hydrogen (secondary N) is 1. The summed E-state index contributed by atoms with van der Waals surface area (Å²) in [5.41, 5.74) is 2.92. The summed E-state index contributed by atoms with van der Waals surface area (Å²) in [7, 11) is 1.88. The van der Waals surface area contributed by atoms with Crippen LogP contribution in [-0.2, 0) is 18.3 Å². The number of nitrogens with zero attached hydrogens (tertiary/aromatic N) is 4. The van der Waals surface area contributed by atoms with Crippen LogP contribution in [-0.4, -0.2) is 25.9 Å². The van der Waals surface area contributed by atoms with Gasteiger partial charge in [0.15, 0.2) is 0 Å². The second-order valence-corrected chi connectivity index (χ2v) is 5.97. The molecule has 0 saturated carbocycles. The molecule has 1 atom stereocenters. The van der Waals surface area contributed by atoms with Gasteiger partial charge in [0.1, 0.15) is 0 Å². The first-order valence-electron chi connectivity index (χ1n) is 8.20. The molecule has 1 aromatic carbocycles. The maximum Gasteiger partial charge on any atom is 0.247 e. The fourth-order valence-corrected chi connectivity index (χ4v) is 2.60. The number of aryl methyl sites for hydroxylation is 2. The minimum Gasteiger partial charge on any atom is -0.421 e. The molecule has 130 valence electrons. The molecule has 1 amide bonds. The molecular weight excluding hydrogens is 318 g/mol. The monoisotopic (exact) mass is 339 g/mol. The van der Waals surface area contributed by atoms with Gasteiger partial charge in [-0.1, -0.05) is 18.2 Å². The number of hydrogen-bond donors (Lipinski definition) is 1. The fraction of sp³-hybridized carbons (Fsp3) is 0.333. The lowest BCUT2D eigenvalue weighted by molar-refractivity contribution is -0.121. The smallest absolute Gasteiger partial charge is 0.247 e. The average Bonchev–Trinajstić information content (AvgIpc) is 3.21. The molecule has 0 aliphatic rings. The van der Waals surface area contributed by atoms with Gasteiger partial charge in [-0.3, -0.25) is 9.48 Å². The van der Waals surface area contributed by atoms with E-state index in [0.717, 1.165) is 16.8 Å². The summed E-state index contributed by atoms with van der Waals surface area (Å²) in [6, 6.07) is 9.46. The molecule has 0 fully saturated rings. The van der Waals surface area contributed by atoms with Crippen LogP contribution in [0.3, 0.4) is 0 Å². The van der Waals surface area contributed by atoms with Gasteiger partial charge in [0.2, 0.25) is 17.7 Å². The summed E-state index contributed by atoms with van der Waals surface area (Å²) >= 11 is 0. The van der Waals surface area contributed by atoms with Crippen molar-refractivity contribution >= 4 is 5.91 Å². The Morgan fingerprint density at radius 1 is 1.28 bits per heavy atom. The van der Waals surface area contributed by atoms with Gasteiger partial charge in [-0.15, -0.1) is 10.2 Å². The zero-order chi connectivity index (χ0) is 17.8. The van der Waals surface area contributed by atoms with Crippen molar-refractivity contribution in [2.45, 2.75) is 32.7 Å². The van der Waals surface area contributed by atoms with Crippen molar-refractivity contribution in [2.24, 2.45) is 7.05 Å². The minimum absolute atomic E-state index is 0.0600. The van der Waals surface area contributed by atoms with Crippen molar-refractivity contribution in [1.82, 2.24) is 25.3 Å². The van der Waals surface area contributed by atoms with Gasteiger partial charge in [0.25, 0.3) is 0 Å². The van der Waals surface area contributed by atoms with Crippen molar-refractivity contribution in [2.75, 3.05) is 0 Å². The van der Waals surface area contributed by atoms with Crippen LogP contribution in [0.5, 0.6) is 0 Å². The second kappa shape index (κ2) is 7.29. The van der Waals surface area contributed by atoms with E-state index >= 15 is 0 Å². The van der Waals surface area contributed by atoms with E-state index in [4.69, 9.17) is 4.42 Å². The normalized spacial score (nSPS) is 12.1. The number of hydrogen-bond acceptors (Lipinski definition) is 5. The van der Waals surface area contributed by atoms with Crippen molar-refractivity contribution in [3.05, 3.63) is 53.7 Å². The predicted octanol–water partition coefficient (Wildman–Crippen LogP) is 2.59. The molecule has 0 bridgehead atoms. The van der Waals surface area contributed by atoms with Crippen LogP contribution in [0.25, 0.3) is 11.5 Å². The summed E-state index contributed by atoms with van der Waals surface area (Å²) in [4.78, 5) is 12.2. The Labute approximate surface area is 146 Å². The van der Waals surface area contributed by atoms with Crippen LogP contribution < -0.4 is 5.32 Å². The second-order valence-electron chi connectivity index (χ2n) is 5.97. The summed E-state index contributed by atoms with van der Waals surface area (Å²) in [6.45, 7) is 3.93. The largest absolute Gasteiger partial charge is 0.421 e. The van der Waals surface area contributed by atoms with Gasteiger partial charge >= 0.3 is 0 Å². The van der Waals surface area contributed by atoms with Crippen molar-refractivity contribution in [1.29, 1.82) is 0 Å². The maximum absolute atomic E-state index is 12.2. The number of rotatable bonds is 6. The van der Waals surface area contributed by atoms with Crippen LogP contribution >= 0.6 is 0 Å². The van der Waals surface area contributed by atoms with E-state index in [1.54, 1.807) is 10.9 Å². The maximum atomic E-state index is 12.2. The first kappa shape index (κ1) is 16.9. The van der Waals surface area contributed by atoms with Crippen LogP contribution in [0.15, 0.2) is 40.9 Å². The zero-order valence-corrected chi connectivity index (χ0v) is 14.6. The lowest BCUT2D eigenvalue weighted by atomic mass is 10.1. The summed E-state index contributed by atoms with van der Waals surface area (Å²) < 4.78 is 7.41. The predicted molar refractivity (Wildman–Crippen MR) is 92.6 cm³/mol. The van der Waals surface area contributed by atoms with E-state index in [0.29, 0.717) is 24.6 Å². The number of carbonyl (C=O) groups is 1. The van der Waals surface area contributed by atoms with Gasteiger partial charge < -0.3 is 9.73 Å². The van der Waals surface area contributed by atoms with Crippen molar-refractivity contribution < 1.29 is 9.21 Å². The van der Waals surface area contributed by atoms with E-state index in [2.05, 4.69) is 20.6 Å². The van der Waals surface area contributed by atoms with Crippen LogP contribution in [0.4, 0.5) is 0 Å². The average molecular weight is 339 g/mol. The molecule has 0 radical (unpaired) electrons. The van der Waals surface area contributed by atoms with E-state index in [1.165, 1.54) is 0 Å². The molecule has 3 rings (SSSR count). The molecule has 1 N–H and O–H groups in total. The Balaban J connectivity index is 1.54. The topological polar surface area (TPSA) is 85.8 Å². The molecule has 0 spiro atoms. The Kier molecular flexibility index (Phi) is 4.92. The third-order valence-corrected chi connectivity index (χ3v) is 4.17. The van der Waals surface area contributed by atoms with E-state index < -0.39 is 0 Å². The Bertz CT molecular complexity index is 853. The highest BCUT2D eigenvalue weighted by molar-refractivity contribution is 5.76. The third kappa shape index (κ3) is 3.93. The quantitative estimate of drug-likeness (QED) is 0.746. The Morgan fingerprint density at radius 3 is 2.72 bits per heavy atom. The molecule has 2 heterocycles.